The summed E-state index contributed by atoms with van der Waals surface area (Å²) in [5.41, 5.74) is -1.64. The standard InChI is InChI=1S/C27H46O4/c1-17(6-9-23(29)24(2,3)30)20-7-8-21-19-11-15-27(31)16-18(28)10-14-26(27,5)22(19)12-13-25(20,21)4/h17-22,28,30-31H,6-16H2,1-5H3/t17-,18-,19+,20-,21+,22+,25-,26-,27+/m1/s1. The van der Waals surface area contributed by atoms with E-state index >= 15 is 0 Å². The van der Waals surface area contributed by atoms with E-state index in [-0.39, 0.29) is 17.3 Å². The Hall–Kier alpha value is -0.450. The summed E-state index contributed by atoms with van der Waals surface area (Å²) in [5.74, 6) is 3.09. The Balaban J connectivity index is 1.48. The van der Waals surface area contributed by atoms with Gasteiger partial charge in [-0.1, -0.05) is 20.8 Å². The number of rotatable bonds is 5. The molecule has 0 aromatic carbocycles. The first kappa shape index (κ1) is 23.7. The van der Waals surface area contributed by atoms with Crippen molar-refractivity contribution in [3.63, 3.8) is 0 Å². The molecule has 31 heavy (non-hydrogen) atoms. The first-order valence-electron chi connectivity index (χ1n) is 13.0. The summed E-state index contributed by atoms with van der Waals surface area (Å²) in [5, 5.41) is 31.8. The zero-order valence-electron chi connectivity index (χ0n) is 20.5. The van der Waals surface area contributed by atoms with Crippen molar-refractivity contribution in [2.75, 3.05) is 0 Å². The summed E-state index contributed by atoms with van der Waals surface area (Å²) >= 11 is 0. The van der Waals surface area contributed by atoms with Gasteiger partial charge in [0.15, 0.2) is 5.78 Å². The van der Waals surface area contributed by atoms with Gasteiger partial charge in [-0.25, -0.2) is 0 Å². The first-order chi connectivity index (χ1) is 14.3. The van der Waals surface area contributed by atoms with Crippen LogP contribution in [0.15, 0.2) is 0 Å². The molecule has 0 aliphatic heterocycles. The molecule has 4 rings (SSSR count). The molecule has 4 aliphatic rings. The van der Waals surface area contributed by atoms with Crippen LogP contribution < -0.4 is 0 Å². The van der Waals surface area contributed by atoms with Gasteiger partial charge >= 0.3 is 0 Å². The molecule has 4 nitrogen and oxygen atoms in total. The molecule has 0 heterocycles. The Morgan fingerprint density at radius 3 is 2.42 bits per heavy atom. The molecule has 9 atom stereocenters. The Morgan fingerprint density at radius 2 is 1.74 bits per heavy atom. The average Bonchev–Trinajstić information content (AvgIpc) is 3.03. The highest BCUT2D eigenvalue weighted by Gasteiger charge is 2.64. The van der Waals surface area contributed by atoms with E-state index in [9.17, 15) is 20.1 Å². The number of ketones is 1. The van der Waals surface area contributed by atoms with Gasteiger partial charge in [-0.2, -0.15) is 0 Å². The Bertz CT molecular complexity index is 698. The smallest absolute Gasteiger partial charge is 0.163 e. The predicted molar refractivity (Wildman–Crippen MR) is 122 cm³/mol. The highest BCUT2D eigenvalue weighted by atomic mass is 16.3. The fraction of sp³-hybridized carbons (Fsp3) is 0.963. The largest absolute Gasteiger partial charge is 0.393 e. The normalized spacial score (nSPS) is 48.5. The van der Waals surface area contributed by atoms with Crippen molar-refractivity contribution >= 4 is 5.78 Å². The third kappa shape index (κ3) is 3.73. The topological polar surface area (TPSA) is 77.8 Å². The van der Waals surface area contributed by atoms with Gasteiger partial charge in [0.1, 0.15) is 5.60 Å². The van der Waals surface area contributed by atoms with Crippen molar-refractivity contribution < 1.29 is 20.1 Å². The van der Waals surface area contributed by atoms with Crippen LogP contribution in [0.25, 0.3) is 0 Å². The van der Waals surface area contributed by atoms with Crippen LogP contribution in [0, 0.1) is 40.4 Å². The molecule has 0 aromatic rings. The molecule has 4 fully saturated rings. The number of Topliss-reactive ketones (excluding diaryl/α,β-unsaturated/α-hetero) is 1. The van der Waals surface area contributed by atoms with Gasteiger partial charge in [-0.3, -0.25) is 4.79 Å². The lowest BCUT2D eigenvalue weighted by atomic mass is 9.43. The van der Waals surface area contributed by atoms with Crippen molar-refractivity contribution in [3.8, 4) is 0 Å². The van der Waals surface area contributed by atoms with E-state index in [0.717, 1.165) is 38.0 Å². The third-order valence-corrected chi connectivity index (χ3v) is 11.0. The lowest BCUT2D eigenvalue weighted by Gasteiger charge is -2.64. The number of aliphatic hydroxyl groups excluding tert-OH is 1. The zero-order valence-corrected chi connectivity index (χ0v) is 20.5. The van der Waals surface area contributed by atoms with E-state index in [1.165, 1.54) is 25.7 Å². The van der Waals surface area contributed by atoms with E-state index in [1.807, 2.05) is 0 Å². The minimum Gasteiger partial charge on any atom is -0.393 e. The van der Waals surface area contributed by atoms with Gasteiger partial charge in [-0.05, 0) is 112 Å². The monoisotopic (exact) mass is 434 g/mol. The summed E-state index contributed by atoms with van der Waals surface area (Å²) in [4.78, 5) is 12.3. The lowest BCUT2D eigenvalue weighted by molar-refractivity contribution is -0.220. The molecule has 4 aliphatic carbocycles. The zero-order chi connectivity index (χ0) is 22.8. The summed E-state index contributed by atoms with van der Waals surface area (Å²) in [6, 6.07) is 0. The molecule has 0 unspecified atom stereocenters. The summed E-state index contributed by atoms with van der Waals surface area (Å²) in [6.07, 6.45) is 10.2. The predicted octanol–water partition coefficient (Wildman–Crippen LogP) is 4.88. The molecule has 4 saturated carbocycles. The van der Waals surface area contributed by atoms with Crippen LogP contribution in [-0.2, 0) is 4.79 Å². The van der Waals surface area contributed by atoms with Crippen LogP contribution in [0.3, 0.4) is 0 Å². The van der Waals surface area contributed by atoms with Crippen molar-refractivity contribution in [2.45, 2.75) is 123 Å². The van der Waals surface area contributed by atoms with Gasteiger partial charge in [0, 0.05) is 12.8 Å². The van der Waals surface area contributed by atoms with E-state index in [0.29, 0.717) is 41.9 Å². The SMILES string of the molecule is C[C@H](CCC(=O)C(C)(C)O)[C@H]1CC[C@H]2[C@@H]3CC[C@]4(O)C[C@H](O)CC[C@]4(C)[C@H]3CC[C@]12C. The minimum absolute atomic E-state index is 0.0401. The number of carbonyl (C=O) groups excluding carboxylic acids is 1. The van der Waals surface area contributed by atoms with Crippen molar-refractivity contribution in [2.24, 2.45) is 40.4 Å². The Labute approximate surface area is 189 Å². The molecule has 0 amide bonds. The highest BCUT2D eigenvalue weighted by Crippen LogP contribution is 2.69. The number of carbonyl (C=O) groups is 1. The van der Waals surface area contributed by atoms with Gasteiger partial charge in [0.05, 0.1) is 11.7 Å². The molecule has 0 radical (unpaired) electrons. The van der Waals surface area contributed by atoms with Crippen LogP contribution in [-0.4, -0.2) is 38.4 Å². The molecule has 0 aromatic heterocycles. The average molecular weight is 435 g/mol. The molecule has 0 spiro atoms. The van der Waals surface area contributed by atoms with Crippen LogP contribution in [0.4, 0.5) is 0 Å². The van der Waals surface area contributed by atoms with Gasteiger partial charge in [0.2, 0.25) is 0 Å². The summed E-state index contributed by atoms with van der Waals surface area (Å²) in [6.45, 7) is 10.4. The molecule has 3 N–H and O–H groups in total. The molecule has 0 bridgehead atoms. The quantitative estimate of drug-likeness (QED) is 0.576. The number of aliphatic hydroxyl groups is 3. The molecule has 4 heteroatoms. The summed E-state index contributed by atoms with van der Waals surface area (Å²) in [7, 11) is 0. The van der Waals surface area contributed by atoms with Crippen molar-refractivity contribution in [1.29, 1.82) is 0 Å². The van der Waals surface area contributed by atoms with Gasteiger partial charge in [0.25, 0.3) is 0 Å². The molecule has 0 saturated heterocycles. The maximum atomic E-state index is 12.3. The number of hydrogen-bond donors (Lipinski definition) is 3. The lowest BCUT2D eigenvalue weighted by Crippen LogP contribution is -2.62. The molecule has 178 valence electrons. The van der Waals surface area contributed by atoms with Gasteiger partial charge < -0.3 is 15.3 Å². The number of hydrogen-bond acceptors (Lipinski definition) is 4. The molecular formula is C27H46O4. The van der Waals surface area contributed by atoms with Crippen molar-refractivity contribution in [1.82, 2.24) is 0 Å². The van der Waals surface area contributed by atoms with E-state index < -0.39 is 11.2 Å². The van der Waals surface area contributed by atoms with Crippen molar-refractivity contribution in [3.05, 3.63) is 0 Å². The fourth-order valence-corrected chi connectivity index (χ4v) is 9.07. The molecular weight excluding hydrogens is 388 g/mol. The summed E-state index contributed by atoms with van der Waals surface area (Å²) < 4.78 is 0. The van der Waals surface area contributed by atoms with Crippen LogP contribution in [0.5, 0.6) is 0 Å². The fourth-order valence-electron chi connectivity index (χ4n) is 9.07. The van der Waals surface area contributed by atoms with E-state index in [2.05, 4.69) is 20.8 Å². The maximum Gasteiger partial charge on any atom is 0.163 e. The number of fused-ring (bicyclic) bond motifs is 5. The van der Waals surface area contributed by atoms with Gasteiger partial charge in [-0.15, -0.1) is 0 Å². The highest BCUT2D eigenvalue weighted by molar-refractivity contribution is 5.86. The maximum absolute atomic E-state index is 12.3. The second-order valence-electron chi connectivity index (χ2n) is 13.0. The Kier molecular flexibility index (Phi) is 5.97. The Morgan fingerprint density at radius 1 is 1.03 bits per heavy atom. The second kappa shape index (κ2) is 7.81. The van der Waals surface area contributed by atoms with E-state index in [1.54, 1.807) is 13.8 Å². The van der Waals surface area contributed by atoms with Crippen LogP contribution in [0.1, 0.15) is 105 Å². The van der Waals surface area contributed by atoms with Crippen LogP contribution in [0.2, 0.25) is 0 Å². The first-order valence-corrected chi connectivity index (χ1v) is 13.0. The van der Waals surface area contributed by atoms with E-state index in [4.69, 9.17) is 0 Å². The third-order valence-electron chi connectivity index (χ3n) is 11.0. The second-order valence-corrected chi connectivity index (χ2v) is 13.0. The van der Waals surface area contributed by atoms with Crippen LogP contribution >= 0.6 is 0 Å². The minimum atomic E-state index is -1.22.